The summed E-state index contributed by atoms with van der Waals surface area (Å²) in [5.41, 5.74) is 2.44. The van der Waals surface area contributed by atoms with Crippen LogP contribution in [0.3, 0.4) is 0 Å². The van der Waals surface area contributed by atoms with Crippen molar-refractivity contribution in [2.24, 2.45) is 0 Å². The number of hydrogen-bond donors (Lipinski definition) is 1. The molecule has 0 bridgehead atoms. The van der Waals surface area contributed by atoms with Gasteiger partial charge in [-0.3, -0.25) is 9.89 Å². The number of nitrogens with zero attached hydrogens (tertiary/aromatic N) is 2. The summed E-state index contributed by atoms with van der Waals surface area (Å²) in [6.07, 6.45) is 1.09. The average Bonchev–Trinajstić information content (AvgIpc) is 2.51. The van der Waals surface area contributed by atoms with Crippen molar-refractivity contribution in [2.45, 2.75) is 20.3 Å². The highest BCUT2D eigenvalue weighted by atomic mass is 32.2. The van der Waals surface area contributed by atoms with Crippen LogP contribution in [-0.4, -0.2) is 45.6 Å². The smallest absolute Gasteiger partial charge is 0.257 e. The highest BCUT2D eigenvalue weighted by molar-refractivity contribution is 7.99. The Balaban J connectivity index is 2.17. The van der Waals surface area contributed by atoms with Crippen molar-refractivity contribution in [3.05, 3.63) is 17.0 Å². The molecule has 16 heavy (non-hydrogen) atoms. The van der Waals surface area contributed by atoms with Crippen LogP contribution in [0.15, 0.2) is 0 Å². The highest BCUT2D eigenvalue weighted by Crippen LogP contribution is 2.16. The highest BCUT2D eigenvalue weighted by Gasteiger charge is 2.22. The molecule has 1 aromatic rings. The largest absolute Gasteiger partial charge is 0.338 e. The molecule has 4 nitrogen and oxygen atoms in total. The summed E-state index contributed by atoms with van der Waals surface area (Å²) in [7, 11) is 0. The van der Waals surface area contributed by atoms with Crippen molar-refractivity contribution in [3.8, 4) is 0 Å². The fourth-order valence-corrected chi connectivity index (χ4v) is 2.86. The summed E-state index contributed by atoms with van der Waals surface area (Å²) in [4.78, 5) is 14.3. The van der Waals surface area contributed by atoms with E-state index in [0.29, 0.717) is 0 Å². The Kier molecular flexibility index (Phi) is 3.53. The maximum absolute atomic E-state index is 12.3. The van der Waals surface area contributed by atoms with Gasteiger partial charge in [-0.1, -0.05) is 0 Å². The Hall–Kier alpha value is -0.970. The van der Waals surface area contributed by atoms with Gasteiger partial charge in [0.25, 0.3) is 5.91 Å². The van der Waals surface area contributed by atoms with Crippen LogP contribution in [0.2, 0.25) is 0 Å². The van der Waals surface area contributed by atoms with E-state index in [1.54, 1.807) is 0 Å². The molecule has 1 N–H and O–H groups in total. The molecule has 0 radical (unpaired) electrons. The van der Waals surface area contributed by atoms with E-state index in [0.717, 1.165) is 48.0 Å². The van der Waals surface area contributed by atoms with Crippen LogP contribution < -0.4 is 0 Å². The van der Waals surface area contributed by atoms with Gasteiger partial charge in [0, 0.05) is 24.5 Å². The van der Waals surface area contributed by atoms with Crippen molar-refractivity contribution in [1.82, 2.24) is 15.1 Å². The Morgan fingerprint density at radius 3 is 2.88 bits per heavy atom. The van der Waals surface area contributed by atoms with Crippen LogP contribution in [0.25, 0.3) is 0 Å². The lowest BCUT2D eigenvalue weighted by Gasteiger charge is -2.19. The maximum atomic E-state index is 12.3. The fraction of sp³-hybridized carbons (Fsp3) is 0.636. The second-order valence-electron chi connectivity index (χ2n) is 4.07. The quantitative estimate of drug-likeness (QED) is 0.810. The van der Waals surface area contributed by atoms with Crippen LogP contribution in [0, 0.1) is 13.8 Å². The molecule has 1 saturated heterocycles. The van der Waals surface area contributed by atoms with E-state index in [4.69, 9.17) is 0 Å². The second-order valence-corrected chi connectivity index (χ2v) is 5.29. The monoisotopic (exact) mass is 239 g/mol. The molecule has 1 amide bonds. The summed E-state index contributed by atoms with van der Waals surface area (Å²) in [6.45, 7) is 5.51. The Labute approximate surface area is 99.8 Å². The summed E-state index contributed by atoms with van der Waals surface area (Å²) in [6, 6.07) is 0. The van der Waals surface area contributed by atoms with Crippen LogP contribution in [0.4, 0.5) is 0 Å². The van der Waals surface area contributed by atoms with Gasteiger partial charge in [-0.25, -0.2) is 0 Å². The number of H-pyrrole nitrogens is 1. The zero-order valence-electron chi connectivity index (χ0n) is 9.75. The number of carbonyl (C=O) groups excluding carboxylic acids is 1. The summed E-state index contributed by atoms with van der Waals surface area (Å²) >= 11 is 1.93. The van der Waals surface area contributed by atoms with Gasteiger partial charge in [0.15, 0.2) is 0 Å². The number of hydrogen-bond acceptors (Lipinski definition) is 3. The molecule has 0 aromatic carbocycles. The van der Waals surface area contributed by atoms with Gasteiger partial charge in [0.2, 0.25) is 0 Å². The average molecular weight is 239 g/mol. The van der Waals surface area contributed by atoms with Crippen LogP contribution in [-0.2, 0) is 0 Å². The number of aryl methyl sites for hydroxylation is 2. The van der Waals surface area contributed by atoms with Crippen molar-refractivity contribution >= 4 is 17.7 Å². The van der Waals surface area contributed by atoms with Crippen molar-refractivity contribution in [2.75, 3.05) is 24.6 Å². The molecule has 1 aliphatic rings. The van der Waals surface area contributed by atoms with E-state index >= 15 is 0 Å². The fourth-order valence-electron chi connectivity index (χ4n) is 1.97. The molecule has 5 heteroatoms. The SMILES string of the molecule is Cc1n[nH]c(C)c1C(=O)N1CCCSCC1. The van der Waals surface area contributed by atoms with Gasteiger partial charge in [0.1, 0.15) is 0 Å². The van der Waals surface area contributed by atoms with E-state index in [-0.39, 0.29) is 5.91 Å². The Morgan fingerprint density at radius 1 is 1.38 bits per heavy atom. The van der Waals surface area contributed by atoms with Crippen molar-refractivity contribution in [3.63, 3.8) is 0 Å². The lowest BCUT2D eigenvalue weighted by atomic mass is 10.1. The zero-order chi connectivity index (χ0) is 11.5. The summed E-state index contributed by atoms with van der Waals surface area (Å²) < 4.78 is 0. The predicted molar refractivity (Wildman–Crippen MR) is 65.9 cm³/mol. The molecule has 2 heterocycles. The zero-order valence-corrected chi connectivity index (χ0v) is 10.6. The van der Waals surface area contributed by atoms with Gasteiger partial charge in [-0.2, -0.15) is 16.9 Å². The third-order valence-corrected chi connectivity index (χ3v) is 3.90. The van der Waals surface area contributed by atoms with Gasteiger partial charge in [-0.05, 0) is 26.0 Å². The number of aromatic amines is 1. The van der Waals surface area contributed by atoms with Crippen molar-refractivity contribution < 1.29 is 4.79 Å². The Morgan fingerprint density at radius 2 is 2.19 bits per heavy atom. The molecule has 0 spiro atoms. The van der Waals surface area contributed by atoms with Gasteiger partial charge >= 0.3 is 0 Å². The number of carbonyl (C=O) groups is 1. The molecule has 0 unspecified atom stereocenters. The van der Waals surface area contributed by atoms with Gasteiger partial charge in [0.05, 0.1) is 11.3 Å². The summed E-state index contributed by atoms with van der Waals surface area (Å²) in [5.74, 6) is 2.33. The standard InChI is InChI=1S/C11H17N3OS/c1-8-10(9(2)13-12-8)11(15)14-4-3-6-16-7-5-14/h3-7H2,1-2H3,(H,12,13). The third-order valence-electron chi connectivity index (χ3n) is 2.85. The van der Waals surface area contributed by atoms with E-state index in [1.165, 1.54) is 0 Å². The van der Waals surface area contributed by atoms with Crippen LogP contribution in [0.5, 0.6) is 0 Å². The van der Waals surface area contributed by atoms with E-state index in [2.05, 4.69) is 10.2 Å². The number of thioether (sulfide) groups is 1. The molecule has 1 aliphatic heterocycles. The molecular formula is C11H17N3OS. The van der Waals surface area contributed by atoms with E-state index < -0.39 is 0 Å². The van der Waals surface area contributed by atoms with Gasteiger partial charge < -0.3 is 4.90 Å². The number of aromatic nitrogens is 2. The maximum Gasteiger partial charge on any atom is 0.257 e. The second kappa shape index (κ2) is 4.91. The molecule has 2 rings (SSSR count). The van der Waals surface area contributed by atoms with Crippen molar-refractivity contribution in [1.29, 1.82) is 0 Å². The predicted octanol–water partition coefficient (Wildman–Crippen LogP) is 1.61. The molecule has 1 fully saturated rings. The third kappa shape index (κ3) is 2.24. The number of nitrogens with one attached hydrogen (secondary N) is 1. The van der Waals surface area contributed by atoms with Crippen LogP contribution >= 0.6 is 11.8 Å². The lowest BCUT2D eigenvalue weighted by Crippen LogP contribution is -2.33. The minimum absolute atomic E-state index is 0.131. The molecule has 0 aliphatic carbocycles. The number of amides is 1. The topological polar surface area (TPSA) is 49.0 Å². The first kappa shape index (κ1) is 11.5. The molecule has 0 saturated carbocycles. The molecule has 88 valence electrons. The van der Waals surface area contributed by atoms with Gasteiger partial charge in [-0.15, -0.1) is 0 Å². The first-order chi connectivity index (χ1) is 7.70. The Bertz CT molecular complexity index is 361. The minimum Gasteiger partial charge on any atom is -0.338 e. The molecular weight excluding hydrogens is 222 g/mol. The minimum atomic E-state index is 0.131. The van der Waals surface area contributed by atoms with E-state index in [1.807, 2.05) is 30.5 Å². The molecule has 1 aromatic heterocycles. The first-order valence-electron chi connectivity index (χ1n) is 5.58. The number of rotatable bonds is 1. The summed E-state index contributed by atoms with van der Waals surface area (Å²) in [5, 5.41) is 6.95. The van der Waals surface area contributed by atoms with Crippen LogP contribution in [0.1, 0.15) is 28.2 Å². The van der Waals surface area contributed by atoms with E-state index in [9.17, 15) is 4.79 Å². The normalized spacial score (nSPS) is 17.2. The first-order valence-corrected chi connectivity index (χ1v) is 6.74. The molecule has 0 atom stereocenters. The lowest BCUT2D eigenvalue weighted by molar-refractivity contribution is 0.0767.